The van der Waals surface area contributed by atoms with Gasteiger partial charge >= 0.3 is 5.97 Å². The van der Waals surface area contributed by atoms with Crippen LogP contribution in [-0.2, 0) is 10.2 Å². The van der Waals surface area contributed by atoms with Gasteiger partial charge in [0.25, 0.3) is 5.91 Å². The number of hydrogen-bond acceptors (Lipinski definition) is 5. The lowest BCUT2D eigenvalue weighted by Crippen LogP contribution is -2.45. The molecule has 2 aliphatic rings. The Hall–Kier alpha value is -2.15. The van der Waals surface area contributed by atoms with Gasteiger partial charge in [0.05, 0.1) is 17.7 Å². The van der Waals surface area contributed by atoms with E-state index in [1.807, 2.05) is 12.1 Å². The highest BCUT2D eigenvalue weighted by molar-refractivity contribution is 5.99. The number of aliphatic carboxylic acids is 1. The van der Waals surface area contributed by atoms with Crippen LogP contribution in [0.5, 0.6) is 0 Å². The van der Waals surface area contributed by atoms with Crippen LogP contribution in [0.1, 0.15) is 80.8 Å². The van der Waals surface area contributed by atoms with Gasteiger partial charge in [-0.1, -0.05) is 26.2 Å². The molecule has 160 valence electrons. The fraction of sp³-hybridized carbons (Fsp3) is 0.682. The van der Waals surface area contributed by atoms with E-state index in [2.05, 4.69) is 22.9 Å². The van der Waals surface area contributed by atoms with E-state index in [9.17, 15) is 14.7 Å². The van der Waals surface area contributed by atoms with Gasteiger partial charge in [-0.25, -0.2) is 4.98 Å². The molecule has 1 saturated carbocycles. The quantitative estimate of drug-likeness (QED) is 0.533. The van der Waals surface area contributed by atoms with Crippen LogP contribution >= 0.6 is 0 Å². The predicted octanol–water partition coefficient (Wildman–Crippen LogP) is 3.06. The van der Waals surface area contributed by atoms with Crippen LogP contribution in [0.3, 0.4) is 0 Å². The standard InChI is InChI=1S/C22H34N4O3/c1-2-12-24-20-17(21(29)25-16-7-4-3-5-8-16)9-10-18(26-20)22(14-19(27)28)11-6-13-23-15-22/h9-10,16,23H,2-8,11-15H2,1H3,(H,24,26)(H,25,29)(H,27,28)/t22-/m0/s1. The van der Waals surface area contributed by atoms with Crippen molar-refractivity contribution in [1.82, 2.24) is 15.6 Å². The van der Waals surface area contributed by atoms with Gasteiger partial charge in [0, 0.05) is 24.5 Å². The lowest BCUT2D eigenvalue weighted by atomic mass is 9.74. The molecule has 0 aromatic carbocycles. The third kappa shape index (κ3) is 5.47. The molecule has 2 heterocycles. The van der Waals surface area contributed by atoms with E-state index in [4.69, 9.17) is 4.98 Å². The molecule has 1 aromatic heterocycles. The number of rotatable bonds is 8. The Kier molecular flexibility index (Phi) is 7.47. The molecule has 4 N–H and O–H groups in total. The zero-order chi connectivity index (χ0) is 20.7. The Morgan fingerprint density at radius 1 is 1.24 bits per heavy atom. The van der Waals surface area contributed by atoms with Crippen molar-refractivity contribution in [2.45, 2.75) is 76.2 Å². The van der Waals surface area contributed by atoms with E-state index in [0.29, 0.717) is 24.5 Å². The number of pyridine rings is 1. The molecule has 0 radical (unpaired) electrons. The Morgan fingerprint density at radius 3 is 2.69 bits per heavy atom. The van der Waals surface area contributed by atoms with Crippen LogP contribution in [0.25, 0.3) is 0 Å². The number of hydrogen-bond donors (Lipinski definition) is 4. The highest BCUT2D eigenvalue weighted by Crippen LogP contribution is 2.35. The molecular weight excluding hydrogens is 368 g/mol. The first-order valence-electron chi connectivity index (χ1n) is 11.0. The number of anilines is 1. The maximum Gasteiger partial charge on any atom is 0.304 e. The Balaban J connectivity index is 1.87. The molecule has 0 spiro atoms. The van der Waals surface area contributed by atoms with E-state index in [0.717, 1.165) is 57.2 Å². The van der Waals surface area contributed by atoms with Crippen molar-refractivity contribution < 1.29 is 14.7 Å². The summed E-state index contributed by atoms with van der Waals surface area (Å²) in [6, 6.07) is 3.90. The van der Waals surface area contributed by atoms with Gasteiger partial charge in [0.1, 0.15) is 5.82 Å². The maximum absolute atomic E-state index is 12.9. The van der Waals surface area contributed by atoms with Gasteiger partial charge in [-0.05, 0) is 50.8 Å². The maximum atomic E-state index is 12.9. The summed E-state index contributed by atoms with van der Waals surface area (Å²) >= 11 is 0. The van der Waals surface area contributed by atoms with Gasteiger partial charge in [-0.2, -0.15) is 0 Å². The number of nitrogens with zero attached hydrogens (tertiary/aromatic N) is 1. The van der Waals surface area contributed by atoms with E-state index in [-0.39, 0.29) is 18.4 Å². The molecule has 0 unspecified atom stereocenters. The van der Waals surface area contributed by atoms with Crippen molar-refractivity contribution >= 4 is 17.7 Å². The summed E-state index contributed by atoms with van der Waals surface area (Å²) < 4.78 is 0. The highest BCUT2D eigenvalue weighted by atomic mass is 16.4. The molecule has 29 heavy (non-hydrogen) atoms. The molecule has 1 atom stereocenters. The van der Waals surface area contributed by atoms with E-state index < -0.39 is 11.4 Å². The van der Waals surface area contributed by atoms with E-state index in [1.54, 1.807) is 0 Å². The van der Waals surface area contributed by atoms with Crippen molar-refractivity contribution in [3.63, 3.8) is 0 Å². The monoisotopic (exact) mass is 402 g/mol. The SMILES string of the molecule is CCCNc1nc([C@]2(CC(=O)O)CCCNC2)ccc1C(=O)NC1CCCCC1. The average molecular weight is 403 g/mol. The second kappa shape index (κ2) is 10.1. The fourth-order valence-electron chi connectivity index (χ4n) is 4.54. The number of carbonyl (C=O) groups is 2. The summed E-state index contributed by atoms with van der Waals surface area (Å²) in [5.74, 6) is -0.353. The highest BCUT2D eigenvalue weighted by Gasteiger charge is 2.38. The number of piperidine rings is 1. The molecule has 1 aromatic rings. The minimum Gasteiger partial charge on any atom is -0.481 e. The van der Waals surface area contributed by atoms with Crippen LogP contribution < -0.4 is 16.0 Å². The van der Waals surface area contributed by atoms with E-state index >= 15 is 0 Å². The topological polar surface area (TPSA) is 103 Å². The minimum atomic E-state index is -0.822. The number of carbonyl (C=O) groups excluding carboxylic acids is 1. The van der Waals surface area contributed by atoms with Crippen molar-refractivity contribution in [3.05, 3.63) is 23.4 Å². The van der Waals surface area contributed by atoms with Gasteiger partial charge in [0.2, 0.25) is 0 Å². The van der Waals surface area contributed by atoms with Crippen LogP contribution in [0.4, 0.5) is 5.82 Å². The van der Waals surface area contributed by atoms with Crippen molar-refractivity contribution in [2.75, 3.05) is 25.0 Å². The third-order valence-electron chi connectivity index (χ3n) is 6.13. The van der Waals surface area contributed by atoms with Crippen molar-refractivity contribution in [2.24, 2.45) is 0 Å². The average Bonchev–Trinajstić information content (AvgIpc) is 2.73. The first-order chi connectivity index (χ1) is 14.0. The van der Waals surface area contributed by atoms with Gasteiger partial charge < -0.3 is 21.1 Å². The summed E-state index contributed by atoms with van der Waals surface area (Å²) in [4.78, 5) is 29.3. The minimum absolute atomic E-state index is 0.0356. The lowest BCUT2D eigenvalue weighted by Gasteiger charge is -2.36. The zero-order valence-electron chi connectivity index (χ0n) is 17.4. The summed E-state index contributed by atoms with van der Waals surface area (Å²) in [6.45, 7) is 4.26. The molecule has 1 amide bonds. The molecular formula is C22H34N4O3. The molecule has 1 saturated heterocycles. The summed E-state index contributed by atoms with van der Waals surface area (Å²) in [5.41, 5.74) is 0.757. The predicted molar refractivity (Wildman–Crippen MR) is 113 cm³/mol. The molecule has 0 bridgehead atoms. The third-order valence-corrected chi connectivity index (χ3v) is 6.13. The number of aromatic nitrogens is 1. The Morgan fingerprint density at radius 2 is 2.03 bits per heavy atom. The molecule has 2 fully saturated rings. The smallest absolute Gasteiger partial charge is 0.304 e. The Bertz CT molecular complexity index is 710. The summed E-state index contributed by atoms with van der Waals surface area (Å²) in [5, 5.41) is 19.3. The molecule has 7 heteroatoms. The fourth-order valence-corrected chi connectivity index (χ4v) is 4.54. The molecule has 7 nitrogen and oxygen atoms in total. The molecule has 1 aliphatic heterocycles. The summed E-state index contributed by atoms with van der Waals surface area (Å²) in [6.07, 6.45) is 8.26. The number of amides is 1. The normalized spacial score (nSPS) is 22.8. The van der Waals surface area contributed by atoms with Crippen molar-refractivity contribution in [3.8, 4) is 0 Å². The second-order valence-corrected chi connectivity index (χ2v) is 8.46. The number of carboxylic acids is 1. The largest absolute Gasteiger partial charge is 0.481 e. The van der Waals surface area contributed by atoms with Crippen LogP contribution in [0, 0.1) is 0 Å². The molecule has 3 rings (SSSR count). The number of nitrogens with one attached hydrogen (secondary N) is 3. The van der Waals surface area contributed by atoms with Gasteiger partial charge in [-0.3, -0.25) is 9.59 Å². The zero-order valence-corrected chi connectivity index (χ0v) is 17.4. The number of carboxylic acid groups (broad SMARTS) is 1. The van der Waals surface area contributed by atoms with Crippen LogP contribution in [0.2, 0.25) is 0 Å². The van der Waals surface area contributed by atoms with E-state index in [1.165, 1.54) is 6.42 Å². The van der Waals surface area contributed by atoms with Crippen molar-refractivity contribution in [1.29, 1.82) is 0 Å². The lowest BCUT2D eigenvalue weighted by molar-refractivity contribution is -0.138. The Labute approximate surface area is 173 Å². The molecule has 1 aliphatic carbocycles. The van der Waals surface area contributed by atoms with Gasteiger partial charge in [0.15, 0.2) is 0 Å². The van der Waals surface area contributed by atoms with Crippen LogP contribution in [0.15, 0.2) is 12.1 Å². The first kappa shape index (κ1) is 21.6. The summed E-state index contributed by atoms with van der Waals surface area (Å²) in [7, 11) is 0. The first-order valence-corrected chi connectivity index (χ1v) is 11.0. The van der Waals surface area contributed by atoms with Crippen LogP contribution in [-0.4, -0.2) is 47.6 Å². The second-order valence-electron chi connectivity index (χ2n) is 8.46. The van der Waals surface area contributed by atoms with Gasteiger partial charge in [-0.15, -0.1) is 0 Å².